The van der Waals surface area contributed by atoms with Crippen molar-refractivity contribution >= 4 is 23.0 Å². The zero-order chi connectivity index (χ0) is 25.7. The van der Waals surface area contributed by atoms with Crippen LogP contribution in [0.2, 0.25) is 0 Å². The highest BCUT2D eigenvalue weighted by Crippen LogP contribution is 2.31. The summed E-state index contributed by atoms with van der Waals surface area (Å²) >= 11 is 0. The second kappa shape index (κ2) is 10.8. The van der Waals surface area contributed by atoms with Gasteiger partial charge in [-0.25, -0.2) is 9.59 Å². The number of hydrogen-bond acceptors (Lipinski definition) is 7. The number of rotatable bonds is 7. The molecule has 0 bridgehead atoms. The minimum Gasteiger partial charge on any atom is -0.507 e. The molecule has 0 spiro atoms. The first-order valence-corrected chi connectivity index (χ1v) is 11.4. The van der Waals surface area contributed by atoms with Gasteiger partial charge in [0.05, 0.1) is 0 Å². The zero-order valence-electron chi connectivity index (χ0n) is 19.8. The molecule has 8 nitrogen and oxygen atoms in total. The van der Waals surface area contributed by atoms with Crippen molar-refractivity contribution in [3.05, 3.63) is 94.6 Å². The number of fused-ring (bicyclic) bond motifs is 1. The van der Waals surface area contributed by atoms with E-state index in [1.807, 2.05) is 36.4 Å². The highest BCUT2D eigenvalue weighted by molar-refractivity contribution is 5.88. The number of carbonyl (C=O) groups excluding carboxylic acids is 2. The molecule has 0 aliphatic carbocycles. The van der Waals surface area contributed by atoms with Crippen molar-refractivity contribution in [2.24, 2.45) is 5.92 Å². The molecular weight excluding hydrogens is 462 g/mol. The summed E-state index contributed by atoms with van der Waals surface area (Å²) in [5.41, 5.74) is 1.10. The first kappa shape index (κ1) is 24.5. The van der Waals surface area contributed by atoms with Gasteiger partial charge in [0.2, 0.25) is 0 Å². The van der Waals surface area contributed by atoms with E-state index >= 15 is 0 Å². The van der Waals surface area contributed by atoms with E-state index in [1.54, 1.807) is 38.1 Å². The molecule has 0 saturated heterocycles. The number of ether oxygens (including phenoxy) is 2. The van der Waals surface area contributed by atoms with Crippen LogP contribution in [0, 0.1) is 5.92 Å². The van der Waals surface area contributed by atoms with Crippen LogP contribution in [-0.2, 0) is 16.1 Å². The Morgan fingerprint density at radius 3 is 2.31 bits per heavy atom. The van der Waals surface area contributed by atoms with E-state index in [4.69, 9.17) is 13.9 Å². The number of amides is 1. The summed E-state index contributed by atoms with van der Waals surface area (Å²) in [4.78, 5) is 37.8. The minimum atomic E-state index is -1.02. The number of benzene rings is 3. The number of phenolic OH excluding ortho intramolecular Hbond substituents is 1. The smallest absolute Gasteiger partial charge is 0.408 e. The van der Waals surface area contributed by atoms with Crippen LogP contribution >= 0.6 is 0 Å². The van der Waals surface area contributed by atoms with Gasteiger partial charge in [-0.3, -0.25) is 4.79 Å². The lowest BCUT2D eigenvalue weighted by molar-refractivity contribution is -0.137. The Balaban J connectivity index is 1.52. The SMILES string of the molecule is CC(C)C(NC(=O)OCc1ccccc1)C(=O)Oc1cc(O)c2c(=O)cc(-c3ccccc3)oc2c1. The number of hydrogen-bond donors (Lipinski definition) is 2. The van der Waals surface area contributed by atoms with Crippen molar-refractivity contribution in [2.75, 3.05) is 0 Å². The summed E-state index contributed by atoms with van der Waals surface area (Å²) in [6.07, 6.45) is -0.769. The van der Waals surface area contributed by atoms with Crippen LogP contribution < -0.4 is 15.5 Å². The van der Waals surface area contributed by atoms with Gasteiger partial charge in [-0.1, -0.05) is 74.5 Å². The molecule has 4 aromatic rings. The Labute approximate surface area is 207 Å². The third-order valence-corrected chi connectivity index (χ3v) is 5.47. The number of alkyl carbamates (subject to hydrolysis) is 1. The largest absolute Gasteiger partial charge is 0.507 e. The van der Waals surface area contributed by atoms with Crippen LogP contribution in [-0.4, -0.2) is 23.2 Å². The second-order valence-electron chi connectivity index (χ2n) is 8.51. The fourth-order valence-corrected chi connectivity index (χ4v) is 3.62. The van der Waals surface area contributed by atoms with E-state index in [9.17, 15) is 19.5 Å². The van der Waals surface area contributed by atoms with Crippen LogP contribution in [0.25, 0.3) is 22.3 Å². The topological polar surface area (TPSA) is 115 Å². The second-order valence-corrected chi connectivity index (χ2v) is 8.51. The normalized spacial score (nSPS) is 11.8. The number of esters is 1. The average Bonchev–Trinajstić information content (AvgIpc) is 2.86. The molecule has 0 saturated carbocycles. The lowest BCUT2D eigenvalue weighted by Gasteiger charge is -2.20. The molecule has 8 heteroatoms. The molecule has 0 radical (unpaired) electrons. The number of nitrogens with one attached hydrogen (secondary N) is 1. The molecule has 0 aliphatic heterocycles. The monoisotopic (exact) mass is 487 g/mol. The maximum absolute atomic E-state index is 12.9. The standard InChI is InChI=1S/C28H25NO7/c1-17(2)26(29-28(33)34-16-18-9-5-3-6-10-18)27(32)35-20-13-21(30)25-22(31)15-23(36-24(25)14-20)19-11-7-4-8-12-19/h3-15,17,26,30H,16H2,1-2H3,(H,29,33). The molecule has 4 rings (SSSR count). The Hall–Kier alpha value is -4.59. The number of phenols is 1. The van der Waals surface area contributed by atoms with Crippen LogP contribution in [0.3, 0.4) is 0 Å². The van der Waals surface area contributed by atoms with Crippen molar-refractivity contribution in [3.8, 4) is 22.8 Å². The predicted octanol–water partition coefficient (Wildman–Crippen LogP) is 5.02. The van der Waals surface area contributed by atoms with Crippen molar-refractivity contribution in [1.82, 2.24) is 5.32 Å². The highest BCUT2D eigenvalue weighted by atomic mass is 16.6. The molecule has 36 heavy (non-hydrogen) atoms. The maximum Gasteiger partial charge on any atom is 0.408 e. The third kappa shape index (κ3) is 5.72. The van der Waals surface area contributed by atoms with Gasteiger partial charge in [0.25, 0.3) is 0 Å². The Kier molecular flexibility index (Phi) is 7.34. The van der Waals surface area contributed by atoms with Gasteiger partial charge in [-0.15, -0.1) is 0 Å². The van der Waals surface area contributed by atoms with Crippen molar-refractivity contribution in [3.63, 3.8) is 0 Å². The zero-order valence-corrected chi connectivity index (χ0v) is 19.8. The fourth-order valence-electron chi connectivity index (χ4n) is 3.62. The van der Waals surface area contributed by atoms with E-state index in [-0.39, 0.29) is 35.0 Å². The van der Waals surface area contributed by atoms with Crippen LogP contribution in [0.4, 0.5) is 4.79 Å². The Bertz CT molecular complexity index is 1430. The van der Waals surface area contributed by atoms with Crippen LogP contribution in [0.5, 0.6) is 11.5 Å². The summed E-state index contributed by atoms with van der Waals surface area (Å²) in [7, 11) is 0. The average molecular weight is 488 g/mol. The highest BCUT2D eigenvalue weighted by Gasteiger charge is 2.27. The summed E-state index contributed by atoms with van der Waals surface area (Å²) in [6, 6.07) is 20.9. The maximum atomic E-state index is 12.9. The van der Waals surface area contributed by atoms with Crippen LogP contribution in [0.1, 0.15) is 19.4 Å². The lowest BCUT2D eigenvalue weighted by atomic mass is 10.1. The van der Waals surface area contributed by atoms with Gasteiger partial charge in [0.1, 0.15) is 40.9 Å². The predicted molar refractivity (Wildman–Crippen MR) is 134 cm³/mol. The first-order valence-electron chi connectivity index (χ1n) is 11.4. The van der Waals surface area contributed by atoms with E-state index < -0.39 is 23.5 Å². The van der Waals surface area contributed by atoms with Gasteiger partial charge in [0.15, 0.2) is 5.43 Å². The Morgan fingerprint density at radius 1 is 0.972 bits per heavy atom. The molecule has 1 amide bonds. The number of aromatic hydroxyl groups is 1. The van der Waals surface area contributed by atoms with Crippen molar-refractivity contribution in [1.29, 1.82) is 0 Å². The summed E-state index contributed by atoms with van der Waals surface area (Å²) in [5, 5.41) is 12.9. The molecule has 1 heterocycles. The fraction of sp³-hybridized carbons (Fsp3) is 0.179. The summed E-state index contributed by atoms with van der Waals surface area (Å²) in [5.74, 6) is -1.21. The van der Waals surface area contributed by atoms with E-state index in [2.05, 4.69) is 5.32 Å². The molecule has 0 fully saturated rings. The lowest BCUT2D eigenvalue weighted by Crippen LogP contribution is -2.46. The molecule has 2 N–H and O–H groups in total. The molecule has 1 unspecified atom stereocenters. The number of carbonyl (C=O) groups is 2. The van der Waals surface area contributed by atoms with Crippen molar-refractivity contribution < 1.29 is 28.6 Å². The van der Waals surface area contributed by atoms with Gasteiger partial charge in [0, 0.05) is 23.8 Å². The minimum absolute atomic E-state index is 0.0301. The van der Waals surface area contributed by atoms with Gasteiger partial charge >= 0.3 is 12.1 Å². The third-order valence-electron chi connectivity index (χ3n) is 5.47. The first-order chi connectivity index (χ1) is 17.3. The van der Waals surface area contributed by atoms with Gasteiger partial charge < -0.3 is 24.3 Å². The Morgan fingerprint density at radius 2 is 1.64 bits per heavy atom. The van der Waals surface area contributed by atoms with Gasteiger partial charge in [-0.2, -0.15) is 0 Å². The molecular formula is C28H25NO7. The van der Waals surface area contributed by atoms with E-state index in [0.29, 0.717) is 11.3 Å². The van der Waals surface area contributed by atoms with E-state index in [1.165, 1.54) is 12.1 Å². The summed E-state index contributed by atoms with van der Waals surface area (Å²) < 4.78 is 16.5. The summed E-state index contributed by atoms with van der Waals surface area (Å²) in [6.45, 7) is 3.53. The van der Waals surface area contributed by atoms with E-state index in [0.717, 1.165) is 11.6 Å². The quantitative estimate of drug-likeness (QED) is 0.278. The molecule has 3 aromatic carbocycles. The molecule has 1 atom stereocenters. The van der Waals surface area contributed by atoms with Crippen molar-refractivity contribution in [2.45, 2.75) is 26.5 Å². The molecule has 1 aromatic heterocycles. The molecule has 184 valence electrons. The molecule has 0 aliphatic rings. The van der Waals surface area contributed by atoms with Crippen LogP contribution in [0.15, 0.2) is 88.1 Å². The van der Waals surface area contributed by atoms with Gasteiger partial charge in [-0.05, 0) is 11.5 Å².